The molecule has 2 aromatic carbocycles. The van der Waals surface area contributed by atoms with Crippen LogP contribution in [0.5, 0.6) is 5.75 Å². The minimum Gasteiger partial charge on any atom is -0.488 e. The van der Waals surface area contributed by atoms with Crippen LogP contribution in [0.1, 0.15) is 23.6 Å². The molecule has 2 N–H and O–H groups in total. The number of halogens is 1. The third kappa shape index (κ3) is 4.34. The van der Waals surface area contributed by atoms with Crippen LogP contribution >= 0.6 is 0 Å². The molecule has 0 unspecified atom stereocenters. The van der Waals surface area contributed by atoms with Crippen LogP contribution in [0.15, 0.2) is 42.5 Å². The first-order chi connectivity index (χ1) is 10.2. The molecule has 0 amide bonds. The zero-order valence-corrected chi connectivity index (χ0v) is 12.0. The molecular weight excluding hydrogens is 265 g/mol. The van der Waals surface area contributed by atoms with Crippen molar-refractivity contribution in [1.82, 2.24) is 0 Å². The van der Waals surface area contributed by atoms with Gasteiger partial charge in [0, 0.05) is 0 Å². The Balaban J connectivity index is 2.11. The molecule has 2 nitrogen and oxygen atoms in total. The molecule has 3 heteroatoms. The van der Waals surface area contributed by atoms with Crippen molar-refractivity contribution in [1.29, 1.82) is 0 Å². The highest BCUT2D eigenvalue weighted by Crippen LogP contribution is 2.20. The van der Waals surface area contributed by atoms with Crippen molar-refractivity contribution in [3.8, 4) is 17.6 Å². The number of benzene rings is 2. The minimum absolute atomic E-state index is 0.231. The lowest BCUT2D eigenvalue weighted by Gasteiger charge is -2.09. The van der Waals surface area contributed by atoms with Gasteiger partial charge in [0.05, 0.1) is 12.1 Å². The Morgan fingerprint density at radius 3 is 2.48 bits per heavy atom. The molecule has 0 aliphatic heterocycles. The first kappa shape index (κ1) is 15.1. The standard InChI is InChI=1S/C18H18FNO/c1-2-14-5-7-15(8-6-14)13-21-18-10-9-17(19)12-16(18)4-3-11-20/h5-10,12H,2,11,13,20H2,1H3. The molecule has 2 rings (SSSR count). The summed E-state index contributed by atoms with van der Waals surface area (Å²) in [7, 11) is 0. The fourth-order valence-corrected chi connectivity index (χ4v) is 1.90. The Morgan fingerprint density at radius 1 is 1.10 bits per heavy atom. The zero-order chi connectivity index (χ0) is 15.1. The Bertz CT molecular complexity index is 653. The molecule has 108 valence electrons. The van der Waals surface area contributed by atoms with Crippen molar-refractivity contribution in [2.75, 3.05) is 6.54 Å². The van der Waals surface area contributed by atoms with Gasteiger partial charge in [-0.2, -0.15) is 0 Å². The van der Waals surface area contributed by atoms with Crippen LogP contribution in [-0.4, -0.2) is 6.54 Å². The molecule has 0 aromatic heterocycles. The SMILES string of the molecule is CCc1ccc(COc2ccc(F)cc2C#CCN)cc1. The van der Waals surface area contributed by atoms with E-state index in [9.17, 15) is 4.39 Å². The molecule has 21 heavy (non-hydrogen) atoms. The molecule has 0 radical (unpaired) electrons. The zero-order valence-electron chi connectivity index (χ0n) is 12.0. The maximum absolute atomic E-state index is 13.3. The van der Waals surface area contributed by atoms with E-state index in [4.69, 9.17) is 10.5 Å². The summed E-state index contributed by atoms with van der Waals surface area (Å²) in [4.78, 5) is 0. The topological polar surface area (TPSA) is 35.2 Å². The smallest absolute Gasteiger partial charge is 0.135 e. The van der Waals surface area contributed by atoms with Crippen molar-refractivity contribution in [2.24, 2.45) is 5.73 Å². The molecule has 0 aliphatic rings. The Morgan fingerprint density at radius 2 is 1.81 bits per heavy atom. The summed E-state index contributed by atoms with van der Waals surface area (Å²) in [5, 5.41) is 0. The summed E-state index contributed by atoms with van der Waals surface area (Å²) in [6, 6.07) is 12.6. The third-order valence-corrected chi connectivity index (χ3v) is 3.09. The first-order valence-electron chi connectivity index (χ1n) is 6.92. The molecule has 0 aliphatic carbocycles. The molecule has 0 spiro atoms. The molecule has 0 saturated carbocycles. The van der Waals surface area contributed by atoms with Crippen LogP contribution in [0.25, 0.3) is 0 Å². The summed E-state index contributed by atoms with van der Waals surface area (Å²) in [5.41, 5.74) is 8.22. The predicted octanol–water partition coefficient (Wildman–Crippen LogP) is 3.28. The van der Waals surface area contributed by atoms with Gasteiger partial charge in [0.2, 0.25) is 0 Å². The van der Waals surface area contributed by atoms with E-state index in [0.717, 1.165) is 12.0 Å². The number of aryl methyl sites for hydroxylation is 1. The second kappa shape index (κ2) is 7.47. The molecule has 0 atom stereocenters. The average Bonchev–Trinajstić information content (AvgIpc) is 2.52. The van der Waals surface area contributed by atoms with Gasteiger partial charge in [0.15, 0.2) is 0 Å². The van der Waals surface area contributed by atoms with Gasteiger partial charge in [-0.3, -0.25) is 0 Å². The number of nitrogens with two attached hydrogens (primary N) is 1. The second-order valence-electron chi connectivity index (χ2n) is 4.61. The number of ether oxygens (including phenoxy) is 1. The highest BCUT2D eigenvalue weighted by atomic mass is 19.1. The Hall–Kier alpha value is -2.31. The molecular formula is C18H18FNO. The summed E-state index contributed by atoms with van der Waals surface area (Å²) in [6.07, 6.45) is 1.01. The lowest BCUT2D eigenvalue weighted by Crippen LogP contribution is -1.99. The van der Waals surface area contributed by atoms with Gasteiger partial charge in [0.25, 0.3) is 0 Å². The lowest BCUT2D eigenvalue weighted by molar-refractivity contribution is 0.305. The van der Waals surface area contributed by atoms with E-state index in [0.29, 0.717) is 17.9 Å². The predicted molar refractivity (Wildman–Crippen MR) is 82.5 cm³/mol. The van der Waals surface area contributed by atoms with Crippen molar-refractivity contribution < 1.29 is 9.13 Å². The third-order valence-electron chi connectivity index (χ3n) is 3.09. The van der Waals surface area contributed by atoms with E-state index in [2.05, 4.69) is 30.9 Å². The van der Waals surface area contributed by atoms with Crippen LogP contribution < -0.4 is 10.5 Å². The summed E-state index contributed by atoms with van der Waals surface area (Å²) >= 11 is 0. The van der Waals surface area contributed by atoms with E-state index in [1.165, 1.54) is 17.7 Å². The normalized spacial score (nSPS) is 9.86. The fraction of sp³-hybridized carbons (Fsp3) is 0.222. The Labute approximate surface area is 124 Å². The van der Waals surface area contributed by atoms with Crippen LogP contribution in [0.3, 0.4) is 0 Å². The second-order valence-corrected chi connectivity index (χ2v) is 4.61. The van der Waals surface area contributed by atoms with Crippen molar-refractivity contribution in [2.45, 2.75) is 20.0 Å². The monoisotopic (exact) mass is 283 g/mol. The quantitative estimate of drug-likeness (QED) is 0.874. The fourth-order valence-electron chi connectivity index (χ4n) is 1.90. The van der Waals surface area contributed by atoms with Gasteiger partial charge in [-0.25, -0.2) is 4.39 Å². The van der Waals surface area contributed by atoms with Crippen LogP contribution in [-0.2, 0) is 13.0 Å². The van der Waals surface area contributed by atoms with Gasteiger partial charge in [-0.1, -0.05) is 43.0 Å². The van der Waals surface area contributed by atoms with Crippen LogP contribution in [0.4, 0.5) is 4.39 Å². The number of hydrogen-bond acceptors (Lipinski definition) is 2. The molecule has 0 bridgehead atoms. The maximum Gasteiger partial charge on any atom is 0.135 e. The van der Waals surface area contributed by atoms with Crippen molar-refractivity contribution in [3.63, 3.8) is 0 Å². The number of hydrogen-bond donors (Lipinski definition) is 1. The van der Waals surface area contributed by atoms with E-state index in [-0.39, 0.29) is 12.4 Å². The lowest BCUT2D eigenvalue weighted by atomic mass is 10.1. The first-order valence-corrected chi connectivity index (χ1v) is 6.92. The van der Waals surface area contributed by atoms with E-state index in [1.54, 1.807) is 6.07 Å². The largest absolute Gasteiger partial charge is 0.488 e. The van der Waals surface area contributed by atoms with Gasteiger partial charge in [-0.05, 0) is 35.7 Å². The van der Waals surface area contributed by atoms with E-state index >= 15 is 0 Å². The highest BCUT2D eigenvalue weighted by molar-refractivity contribution is 5.46. The highest BCUT2D eigenvalue weighted by Gasteiger charge is 2.04. The summed E-state index contributed by atoms with van der Waals surface area (Å²) in [5.74, 6) is 5.77. The average molecular weight is 283 g/mol. The van der Waals surface area contributed by atoms with Crippen molar-refractivity contribution >= 4 is 0 Å². The van der Waals surface area contributed by atoms with E-state index in [1.807, 2.05) is 12.1 Å². The van der Waals surface area contributed by atoms with Crippen LogP contribution in [0, 0.1) is 17.7 Å². The minimum atomic E-state index is -0.337. The van der Waals surface area contributed by atoms with Crippen molar-refractivity contribution in [3.05, 3.63) is 65.0 Å². The Kier molecular flexibility index (Phi) is 5.36. The van der Waals surface area contributed by atoms with Crippen LogP contribution in [0.2, 0.25) is 0 Å². The van der Waals surface area contributed by atoms with Gasteiger partial charge >= 0.3 is 0 Å². The molecule has 2 aromatic rings. The molecule has 0 fully saturated rings. The van der Waals surface area contributed by atoms with E-state index < -0.39 is 0 Å². The summed E-state index contributed by atoms with van der Waals surface area (Å²) in [6.45, 7) is 2.77. The van der Waals surface area contributed by atoms with Gasteiger partial charge in [0.1, 0.15) is 18.2 Å². The van der Waals surface area contributed by atoms with Gasteiger partial charge < -0.3 is 10.5 Å². The summed E-state index contributed by atoms with van der Waals surface area (Å²) < 4.78 is 19.0. The van der Waals surface area contributed by atoms with Gasteiger partial charge in [-0.15, -0.1) is 0 Å². The molecule has 0 heterocycles. The number of rotatable bonds is 4. The maximum atomic E-state index is 13.3. The molecule has 0 saturated heterocycles.